The highest BCUT2D eigenvalue weighted by atomic mass is 16.4. The van der Waals surface area contributed by atoms with Gasteiger partial charge in [0.1, 0.15) is 5.56 Å². The zero-order chi connectivity index (χ0) is 15.4. The number of rotatable bonds is 4. The summed E-state index contributed by atoms with van der Waals surface area (Å²) >= 11 is 0. The predicted octanol–water partition coefficient (Wildman–Crippen LogP) is 1.56. The van der Waals surface area contributed by atoms with Gasteiger partial charge in [0.25, 0.3) is 11.5 Å². The van der Waals surface area contributed by atoms with Crippen LogP contribution < -0.4 is 10.9 Å². The molecule has 0 saturated heterocycles. The van der Waals surface area contributed by atoms with Crippen molar-refractivity contribution in [3.05, 3.63) is 63.6 Å². The van der Waals surface area contributed by atoms with Crippen molar-refractivity contribution in [2.75, 3.05) is 5.32 Å². The summed E-state index contributed by atoms with van der Waals surface area (Å²) in [5.74, 6) is -1.43. The third-order valence-corrected chi connectivity index (χ3v) is 2.87. The lowest BCUT2D eigenvalue weighted by Gasteiger charge is -2.06. The topological polar surface area (TPSA) is 99.3 Å². The number of anilines is 1. The highest BCUT2D eigenvalue weighted by molar-refractivity contribution is 6.03. The normalized spacial score (nSPS) is 10.1. The van der Waals surface area contributed by atoms with Crippen molar-refractivity contribution < 1.29 is 14.7 Å². The van der Waals surface area contributed by atoms with Crippen LogP contribution in [0, 0.1) is 6.92 Å². The van der Waals surface area contributed by atoms with Crippen LogP contribution in [0.4, 0.5) is 5.69 Å². The summed E-state index contributed by atoms with van der Waals surface area (Å²) in [5.41, 5.74) is 1.38. The van der Waals surface area contributed by atoms with Crippen LogP contribution >= 0.6 is 0 Å². The standard InChI is InChI=1S/C15H14N2O4/c1-9-2-7-12(14(20)16-9)15(21)17-11-5-3-10(4-6-11)8-13(18)19/h2-7H,8H2,1H3,(H,16,20)(H,17,21)(H,18,19). The zero-order valence-corrected chi connectivity index (χ0v) is 11.3. The van der Waals surface area contributed by atoms with Crippen molar-refractivity contribution in [1.82, 2.24) is 4.98 Å². The van der Waals surface area contributed by atoms with Gasteiger partial charge in [-0.2, -0.15) is 0 Å². The maximum Gasteiger partial charge on any atom is 0.307 e. The van der Waals surface area contributed by atoms with E-state index in [0.29, 0.717) is 16.9 Å². The smallest absolute Gasteiger partial charge is 0.307 e. The van der Waals surface area contributed by atoms with Gasteiger partial charge in [-0.3, -0.25) is 14.4 Å². The zero-order valence-electron chi connectivity index (χ0n) is 11.3. The molecule has 1 aromatic heterocycles. The lowest BCUT2D eigenvalue weighted by atomic mass is 10.1. The second-order valence-corrected chi connectivity index (χ2v) is 4.61. The fourth-order valence-electron chi connectivity index (χ4n) is 1.83. The van der Waals surface area contributed by atoms with Crippen LogP contribution in [-0.2, 0) is 11.2 Å². The van der Waals surface area contributed by atoms with Crippen LogP contribution in [0.1, 0.15) is 21.6 Å². The predicted molar refractivity (Wildman–Crippen MR) is 77.5 cm³/mol. The Kier molecular flexibility index (Phi) is 4.18. The molecule has 21 heavy (non-hydrogen) atoms. The number of carbonyl (C=O) groups is 2. The first-order valence-corrected chi connectivity index (χ1v) is 6.28. The first kappa shape index (κ1) is 14.5. The number of pyridine rings is 1. The number of nitrogens with one attached hydrogen (secondary N) is 2. The van der Waals surface area contributed by atoms with E-state index < -0.39 is 17.4 Å². The maximum absolute atomic E-state index is 12.0. The van der Waals surface area contributed by atoms with Crippen LogP contribution in [0.15, 0.2) is 41.2 Å². The highest BCUT2D eigenvalue weighted by Crippen LogP contribution is 2.11. The molecule has 2 aromatic rings. The van der Waals surface area contributed by atoms with E-state index in [1.807, 2.05) is 0 Å². The Labute approximate surface area is 120 Å². The second kappa shape index (κ2) is 6.04. The van der Waals surface area contributed by atoms with Gasteiger partial charge in [-0.25, -0.2) is 0 Å². The summed E-state index contributed by atoms with van der Waals surface area (Å²) in [6.07, 6.45) is -0.0775. The van der Waals surface area contributed by atoms with E-state index in [-0.39, 0.29) is 12.0 Å². The van der Waals surface area contributed by atoms with Gasteiger partial charge in [-0.05, 0) is 36.8 Å². The van der Waals surface area contributed by atoms with Crippen LogP contribution in [-0.4, -0.2) is 22.0 Å². The molecule has 0 aliphatic rings. The molecule has 0 radical (unpaired) electrons. The minimum absolute atomic E-state index is 0.0233. The number of carboxylic acid groups (broad SMARTS) is 1. The quantitative estimate of drug-likeness (QED) is 0.794. The number of aryl methyl sites for hydroxylation is 1. The van der Waals surface area contributed by atoms with Gasteiger partial charge in [0.05, 0.1) is 6.42 Å². The molecular formula is C15H14N2O4. The molecular weight excluding hydrogens is 272 g/mol. The van der Waals surface area contributed by atoms with E-state index >= 15 is 0 Å². The number of hydrogen-bond acceptors (Lipinski definition) is 3. The van der Waals surface area contributed by atoms with Crippen molar-refractivity contribution in [3.8, 4) is 0 Å². The lowest BCUT2D eigenvalue weighted by Crippen LogP contribution is -2.23. The van der Waals surface area contributed by atoms with Gasteiger partial charge >= 0.3 is 5.97 Å². The fourth-order valence-corrected chi connectivity index (χ4v) is 1.83. The number of carbonyl (C=O) groups excluding carboxylic acids is 1. The average molecular weight is 286 g/mol. The van der Waals surface area contributed by atoms with Crippen LogP contribution in [0.5, 0.6) is 0 Å². The Balaban J connectivity index is 2.12. The van der Waals surface area contributed by atoms with Crippen molar-refractivity contribution in [3.63, 3.8) is 0 Å². The van der Waals surface area contributed by atoms with Gasteiger partial charge < -0.3 is 15.4 Å². The van der Waals surface area contributed by atoms with E-state index in [9.17, 15) is 14.4 Å². The SMILES string of the molecule is Cc1ccc(C(=O)Nc2ccc(CC(=O)O)cc2)c(=O)[nH]1. The molecule has 6 nitrogen and oxygen atoms in total. The number of benzene rings is 1. The molecule has 0 spiro atoms. The Bertz CT molecular complexity index is 732. The van der Waals surface area contributed by atoms with Crippen molar-refractivity contribution in [2.45, 2.75) is 13.3 Å². The molecule has 0 atom stereocenters. The molecule has 2 rings (SSSR count). The molecule has 0 fully saturated rings. The van der Waals surface area contributed by atoms with E-state index in [1.165, 1.54) is 6.07 Å². The summed E-state index contributed by atoms with van der Waals surface area (Å²) in [6.45, 7) is 1.73. The Morgan fingerprint density at radius 1 is 1.14 bits per heavy atom. The van der Waals surface area contributed by atoms with Crippen LogP contribution in [0.3, 0.4) is 0 Å². The molecule has 0 aliphatic carbocycles. The molecule has 6 heteroatoms. The van der Waals surface area contributed by atoms with E-state index in [4.69, 9.17) is 5.11 Å². The summed E-state index contributed by atoms with van der Waals surface area (Å²) < 4.78 is 0. The molecule has 1 heterocycles. The fraction of sp³-hybridized carbons (Fsp3) is 0.133. The largest absolute Gasteiger partial charge is 0.481 e. The monoisotopic (exact) mass is 286 g/mol. The Morgan fingerprint density at radius 3 is 2.38 bits per heavy atom. The van der Waals surface area contributed by atoms with Gasteiger partial charge in [0, 0.05) is 11.4 Å². The number of amides is 1. The highest BCUT2D eigenvalue weighted by Gasteiger charge is 2.10. The molecule has 108 valence electrons. The molecule has 1 amide bonds. The average Bonchev–Trinajstić information content (AvgIpc) is 2.40. The van der Waals surface area contributed by atoms with Gasteiger partial charge in [-0.1, -0.05) is 12.1 Å². The number of H-pyrrole nitrogens is 1. The maximum atomic E-state index is 12.0. The minimum Gasteiger partial charge on any atom is -0.481 e. The molecule has 0 bridgehead atoms. The van der Waals surface area contributed by atoms with E-state index in [2.05, 4.69) is 10.3 Å². The van der Waals surface area contributed by atoms with Crippen molar-refractivity contribution in [2.24, 2.45) is 0 Å². The first-order valence-electron chi connectivity index (χ1n) is 6.28. The third-order valence-electron chi connectivity index (χ3n) is 2.87. The number of aliphatic carboxylic acids is 1. The van der Waals surface area contributed by atoms with Gasteiger partial charge in [0.15, 0.2) is 0 Å². The molecule has 0 unspecified atom stereocenters. The molecule has 3 N–H and O–H groups in total. The third kappa shape index (κ3) is 3.79. The minimum atomic E-state index is -0.919. The van der Waals surface area contributed by atoms with Gasteiger partial charge in [-0.15, -0.1) is 0 Å². The Hall–Kier alpha value is -2.89. The van der Waals surface area contributed by atoms with Crippen LogP contribution in [0.2, 0.25) is 0 Å². The molecule has 1 aromatic carbocycles. The first-order chi connectivity index (χ1) is 9.95. The van der Waals surface area contributed by atoms with Gasteiger partial charge in [0.2, 0.25) is 0 Å². The second-order valence-electron chi connectivity index (χ2n) is 4.61. The summed E-state index contributed by atoms with van der Waals surface area (Å²) in [4.78, 5) is 36.8. The number of carboxylic acids is 1. The summed E-state index contributed by atoms with van der Waals surface area (Å²) in [5, 5.41) is 11.3. The number of aromatic nitrogens is 1. The van der Waals surface area contributed by atoms with Crippen molar-refractivity contribution >= 4 is 17.6 Å². The molecule has 0 aliphatic heterocycles. The number of aromatic amines is 1. The molecule has 0 saturated carbocycles. The summed E-state index contributed by atoms with van der Waals surface area (Å²) in [6, 6.07) is 9.53. The van der Waals surface area contributed by atoms with E-state index in [0.717, 1.165) is 0 Å². The van der Waals surface area contributed by atoms with Crippen molar-refractivity contribution in [1.29, 1.82) is 0 Å². The van der Waals surface area contributed by atoms with Crippen LogP contribution in [0.25, 0.3) is 0 Å². The lowest BCUT2D eigenvalue weighted by molar-refractivity contribution is -0.136. The summed E-state index contributed by atoms with van der Waals surface area (Å²) in [7, 11) is 0. The number of hydrogen-bond donors (Lipinski definition) is 3. The Morgan fingerprint density at radius 2 is 1.81 bits per heavy atom. The van der Waals surface area contributed by atoms with E-state index in [1.54, 1.807) is 37.3 Å².